The Kier molecular flexibility index (Phi) is 4.42. The monoisotopic (exact) mass is 241 g/mol. The lowest BCUT2D eigenvalue weighted by Gasteiger charge is -2.48. The molecule has 17 heavy (non-hydrogen) atoms. The molecule has 2 heterocycles. The van der Waals surface area contributed by atoms with Gasteiger partial charge in [0.15, 0.2) is 0 Å². The molecule has 0 aliphatic carbocycles. The fourth-order valence-electron chi connectivity index (χ4n) is 3.53. The summed E-state index contributed by atoms with van der Waals surface area (Å²) < 4.78 is 5.47. The van der Waals surface area contributed by atoms with Crippen LogP contribution in [0.5, 0.6) is 0 Å². The van der Waals surface area contributed by atoms with E-state index < -0.39 is 0 Å². The van der Waals surface area contributed by atoms with E-state index in [9.17, 15) is 0 Å². The Morgan fingerprint density at radius 1 is 1.47 bits per heavy atom. The third-order valence-electron chi connectivity index (χ3n) is 4.78. The first kappa shape index (κ1) is 13.3. The van der Waals surface area contributed by atoms with Gasteiger partial charge in [0, 0.05) is 31.8 Å². The number of nitrogens with two attached hydrogens (primary N) is 1. The summed E-state index contributed by atoms with van der Waals surface area (Å²) in [6.07, 6.45) is 2.53. The van der Waals surface area contributed by atoms with Crippen LogP contribution in [0.1, 0.15) is 19.8 Å². The van der Waals surface area contributed by atoms with Crippen LogP contribution >= 0.6 is 0 Å². The van der Waals surface area contributed by atoms with E-state index in [0.29, 0.717) is 0 Å². The summed E-state index contributed by atoms with van der Waals surface area (Å²) >= 11 is 0. The van der Waals surface area contributed by atoms with Gasteiger partial charge >= 0.3 is 0 Å². The van der Waals surface area contributed by atoms with Gasteiger partial charge in [-0.3, -0.25) is 4.90 Å². The molecule has 2 fully saturated rings. The highest BCUT2D eigenvalue weighted by Gasteiger charge is 2.47. The molecule has 3 atom stereocenters. The lowest BCUT2D eigenvalue weighted by molar-refractivity contribution is 0.00681. The number of ether oxygens (including phenoxy) is 1. The zero-order valence-electron chi connectivity index (χ0n) is 11.3. The predicted molar refractivity (Wildman–Crippen MR) is 70.1 cm³/mol. The van der Waals surface area contributed by atoms with E-state index in [4.69, 9.17) is 10.5 Å². The summed E-state index contributed by atoms with van der Waals surface area (Å²) in [6, 6.07) is 0. The molecule has 0 aromatic rings. The summed E-state index contributed by atoms with van der Waals surface area (Å²) in [5.41, 5.74) is 6.35. The van der Waals surface area contributed by atoms with Gasteiger partial charge in [0.1, 0.15) is 0 Å². The minimum Gasteiger partial charge on any atom is -0.380 e. The maximum Gasteiger partial charge on any atom is 0.0593 e. The molecule has 0 saturated carbocycles. The highest BCUT2D eigenvalue weighted by atomic mass is 16.5. The van der Waals surface area contributed by atoms with E-state index >= 15 is 0 Å². The second-order valence-corrected chi connectivity index (χ2v) is 5.46. The molecule has 2 saturated heterocycles. The van der Waals surface area contributed by atoms with Gasteiger partial charge in [0.2, 0.25) is 0 Å². The van der Waals surface area contributed by atoms with Crippen molar-refractivity contribution in [1.29, 1.82) is 0 Å². The smallest absolute Gasteiger partial charge is 0.0593 e. The zero-order chi connectivity index (χ0) is 12.3. The lowest BCUT2D eigenvalue weighted by atomic mass is 9.77. The van der Waals surface area contributed by atoms with Crippen molar-refractivity contribution >= 4 is 0 Å². The van der Waals surface area contributed by atoms with E-state index in [1.54, 1.807) is 0 Å². The number of piperidine rings is 1. The molecule has 0 radical (unpaired) electrons. The number of nitrogens with zero attached hydrogens (tertiary/aromatic N) is 2. The van der Waals surface area contributed by atoms with Crippen LogP contribution in [0.2, 0.25) is 0 Å². The quantitative estimate of drug-likeness (QED) is 0.683. The van der Waals surface area contributed by atoms with Crippen molar-refractivity contribution in [2.24, 2.45) is 11.7 Å². The van der Waals surface area contributed by atoms with Gasteiger partial charge in [-0.1, -0.05) is 0 Å². The van der Waals surface area contributed by atoms with Crippen LogP contribution in [0, 0.1) is 5.92 Å². The van der Waals surface area contributed by atoms with Crippen molar-refractivity contribution in [3.63, 3.8) is 0 Å². The number of hydrogen-bond donors (Lipinski definition) is 1. The molecule has 0 aromatic heterocycles. The van der Waals surface area contributed by atoms with Gasteiger partial charge < -0.3 is 15.4 Å². The van der Waals surface area contributed by atoms with Crippen molar-refractivity contribution in [1.82, 2.24) is 9.80 Å². The fourth-order valence-corrected chi connectivity index (χ4v) is 3.53. The van der Waals surface area contributed by atoms with Gasteiger partial charge in [-0.2, -0.15) is 0 Å². The average Bonchev–Trinajstić information content (AvgIpc) is 2.74. The summed E-state index contributed by atoms with van der Waals surface area (Å²) in [7, 11) is 2.22. The molecular weight excluding hydrogens is 214 g/mol. The van der Waals surface area contributed by atoms with E-state index in [0.717, 1.165) is 32.2 Å². The van der Waals surface area contributed by atoms with Gasteiger partial charge in [-0.15, -0.1) is 0 Å². The van der Waals surface area contributed by atoms with Crippen molar-refractivity contribution in [3.8, 4) is 0 Å². The third-order valence-corrected chi connectivity index (χ3v) is 4.78. The van der Waals surface area contributed by atoms with Gasteiger partial charge in [-0.05, 0) is 45.8 Å². The molecule has 100 valence electrons. The summed E-state index contributed by atoms with van der Waals surface area (Å²) in [4.78, 5) is 5.05. The Morgan fingerprint density at radius 2 is 2.29 bits per heavy atom. The highest BCUT2D eigenvalue weighted by molar-refractivity contribution is 5.04. The van der Waals surface area contributed by atoms with Crippen LogP contribution in [0.25, 0.3) is 0 Å². The number of likely N-dealkylation sites (N-methyl/N-ethyl adjacent to an activating group) is 1. The average molecular weight is 241 g/mol. The Balaban J connectivity index is 1.97. The van der Waals surface area contributed by atoms with E-state index in [1.807, 2.05) is 6.92 Å². The SMILES string of the molecule is CCOCCN(C)C1(CN)CCN2CCC1C2. The summed E-state index contributed by atoms with van der Waals surface area (Å²) in [6.45, 7) is 9.20. The van der Waals surface area contributed by atoms with Crippen LogP contribution in [0.15, 0.2) is 0 Å². The number of fused-ring (bicyclic) bond motifs is 2. The number of rotatable bonds is 6. The second-order valence-electron chi connectivity index (χ2n) is 5.46. The third kappa shape index (κ3) is 2.50. The van der Waals surface area contributed by atoms with Crippen LogP contribution in [0.4, 0.5) is 0 Å². The maximum atomic E-state index is 6.13. The largest absolute Gasteiger partial charge is 0.380 e. The summed E-state index contributed by atoms with van der Waals surface area (Å²) in [5, 5.41) is 0. The molecule has 3 unspecified atom stereocenters. The first-order chi connectivity index (χ1) is 8.23. The molecule has 4 heteroatoms. The van der Waals surface area contributed by atoms with Gasteiger partial charge in [-0.25, -0.2) is 0 Å². The predicted octanol–water partition coefficient (Wildman–Crippen LogP) is 0.378. The minimum atomic E-state index is 0.226. The Morgan fingerprint density at radius 3 is 3.00 bits per heavy atom. The van der Waals surface area contributed by atoms with E-state index in [-0.39, 0.29) is 5.54 Å². The standard InChI is InChI=1S/C13H27N3O/c1-3-17-9-8-15(2)13(11-14)5-7-16-6-4-12(13)10-16/h12H,3-11,14H2,1-2H3. The highest BCUT2D eigenvalue weighted by Crippen LogP contribution is 2.38. The summed E-state index contributed by atoms with van der Waals surface area (Å²) in [5.74, 6) is 0.757. The van der Waals surface area contributed by atoms with E-state index in [1.165, 1.54) is 32.5 Å². The van der Waals surface area contributed by atoms with Gasteiger partial charge in [0.25, 0.3) is 0 Å². The van der Waals surface area contributed by atoms with Crippen LogP contribution in [-0.2, 0) is 4.74 Å². The molecule has 2 N–H and O–H groups in total. The molecule has 4 nitrogen and oxygen atoms in total. The Labute approximate surface area is 105 Å². The van der Waals surface area contributed by atoms with Crippen molar-refractivity contribution < 1.29 is 4.74 Å². The molecule has 2 aliphatic rings. The maximum absolute atomic E-state index is 6.13. The van der Waals surface area contributed by atoms with E-state index in [2.05, 4.69) is 16.8 Å². The molecule has 2 aliphatic heterocycles. The minimum absolute atomic E-state index is 0.226. The topological polar surface area (TPSA) is 41.7 Å². The first-order valence-electron chi connectivity index (χ1n) is 6.94. The van der Waals surface area contributed by atoms with Crippen LogP contribution in [0.3, 0.4) is 0 Å². The molecule has 2 bridgehead atoms. The Bertz CT molecular complexity index is 249. The molecule has 0 spiro atoms. The van der Waals surface area contributed by atoms with Gasteiger partial charge in [0.05, 0.1) is 6.61 Å². The number of hydrogen-bond acceptors (Lipinski definition) is 4. The van der Waals surface area contributed by atoms with Crippen LogP contribution < -0.4 is 5.73 Å². The van der Waals surface area contributed by atoms with Crippen LogP contribution in [-0.4, -0.2) is 68.3 Å². The first-order valence-corrected chi connectivity index (χ1v) is 6.94. The van der Waals surface area contributed by atoms with Crippen molar-refractivity contribution in [3.05, 3.63) is 0 Å². The molecule has 0 amide bonds. The lowest BCUT2D eigenvalue weighted by Crippen LogP contribution is -2.61. The zero-order valence-corrected chi connectivity index (χ0v) is 11.3. The Hall–Kier alpha value is -0.160. The second kappa shape index (κ2) is 5.65. The molecule has 0 aromatic carbocycles. The fraction of sp³-hybridized carbons (Fsp3) is 1.00. The normalized spacial score (nSPS) is 36.7. The van der Waals surface area contributed by atoms with Crippen molar-refractivity contribution in [2.45, 2.75) is 25.3 Å². The van der Waals surface area contributed by atoms with Crippen molar-refractivity contribution in [2.75, 3.05) is 53.0 Å². The molecular formula is C13H27N3O. The molecule has 2 rings (SSSR count).